The van der Waals surface area contributed by atoms with Gasteiger partial charge >= 0.3 is 0 Å². The molecule has 2 rings (SSSR count). The van der Waals surface area contributed by atoms with E-state index in [0.29, 0.717) is 0 Å². The molecule has 2 nitrogen and oxygen atoms in total. The number of hydrogen-bond acceptors (Lipinski definition) is 3. The number of hydrogen-bond donors (Lipinski definition) is 2. The number of aliphatic hydroxyl groups excluding tert-OH is 1. The van der Waals surface area contributed by atoms with Crippen molar-refractivity contribution in [2.45, 2.75) is 30.3 Å². The first-order valence-corrected chi connectivity index (χ1v) is 6.43. The Morgan fingerprint density at radius 1 is 1.40 bits per heavy atom. The van der Waals surface area contributed by atoms with E-state index in [0.717, 1.165) is 18.3 Å². The van der Waals surface area contributed by atoms with Gasteiger partial charge in [-0.25, -0.2) is 0 Å². The highest BCUT2D eigenvalue weighted by Gasteiger charge is 2.19. The molecule has 0 atom stereocenters. The highest BCUT2D eigenvalue weighted by Crippen LogP contribution is 2.21. The lowest BCUT2D eigenvalue weighted by atomic mass is 10.2. The predicted octanol–water partition coefficient (Wildman–Crippen LogP) is 2.02. The molecule has 82 valence electrons. The molecule has 1 fully saturated rings. The molecule has 1 aromatic rings. The molecule has 0 saturated heterocycles. The lowest BCUT2D eigenvalue weighted by Crippen LogP contribution is -2.15. The van der Waals surface area contributed by atoms with Crippen molar-refractivity contribution < 1.29 is 5.11 Å². The van der Waals surface area contributed by atoms with Crippen molar-refractivity contribution in [3.05, 3.63) is 29.8 Å². The fourth-order valence-electron chi connectivity index (χ4n) is 1.46. The zero-order valence-corrected chi connectivity index (χ0v) is 9.59. The summed E-state index contributed by atoms with van der Waals surface area (Å²) in [6.07, 6.45) is 2.66. The van der Waals surface area contributed by atoms with Crippen LogP contribution in [0.4, 0.5) is 0 Å². The summed E-state index contributed by atoms with van der Waals surface area (Å²) in [7, 11) is 0. The van der Waals surface area contributed by atoms with Gasteiger partial charge in [-0.05, 0) is 30.5 Å². The van der Waals surface area contributed by atoms with Crippen LogP contribution >= 0.6 is 11.8 Å². The Bertz CT molecular complexity index is 312. The van der Waals surface area contributed by atoms with Crippen LogP contribution < -0.4 is 5.32 Å². The minimum absolute atomic E-state index is 0.245. The minimum Gasteiger partial charge on any atom is -0.396 e. The van der Waals surface area contributed by atoms with Crippen LogP contribution in [0.1, 0.15) is 18.4 Å². The Kier molecular flexibility index (Phi) is 4.06. The van der Waals surface area contributed by atoms with Crippen molar-refractivity contribution >= 4 is 11.8 Å². The fourth-order valence-corrected chi connectivity index (χ4v) is 2.19. The van der Waals surface area contributed by atoms with E-state index < -0.39 is 0 Å². The monoisotopic (exact) mass is 223 g/mol. The predicted molar refractivity (Wildman–Crippen MR) is 64.1 cm³/mol. The minimum atomic E-state index is 0.245. The van der Waals surface area contributed by atoms with Crippen LogP contribution in [0.15, 0.2) is 29.2 Å². The molecule has 1 aromatic carbocycles. The third-order valence-corrected chi connectivity index (χ3v) is 3.40. The van der Waals surface area contributed by atoms with Crippen molar-refractivity contribution in [2.75, 3.05) is 12.4 Å². The third-order valence-electron chi connectivity index (χ3n) is 2.43. The zero-order chi connectivity index (χ0) is 10.5. The molecular weight excluding hydrogens is 206 g/mol. The van der Waals surface area contributed by atoms with Crippen LogP contribution in [-0.4, -0.2) is 23.5 Å². The summed E-state index contributed by atoms with van der Waals surface area (Å²) in [4.78, 5) is 1.25. The molecule has 1 saturated carbocycles. The molecule has 0 radical (unpaired) electrons. The molecule has 1 aliphatic rings. The van der Waals surface area contributed by atoms with Gasteiger partial charge < -0.3 is 10.4 Å². The van der Waals surface area contributed by atoms with Crippen LogP contribution in [0.5, 0.6) is 0 Å². The maximum atomic E-state index is 8.75. The van der Waals surface area contributed by atoms with E-state index in [2.05, 4.69) is 29.6 Å². The standard InChI is InChI=1S/C12H17NOS/c14-6-7-15-12-3-1-2-10(8-12)9-13-11-4-5-11/h1-3,8,11,13-14H,4-7,9H2. The first kappa shape index (κ1) is 11.0. The normalized spacial score (nSPS) is 15.5. The Labute approximate surface area is 95.1 Å². The van der Waals surface area contributed by atoms with Crippen LogP contribution in [0.25, 0.3) is 0 Å². The Morgan fingerprint density at radius 2 is 2.27 bits per heavy atom. The van der Waals surface area contributed by atoms with Gasteiger partial charge in [-0.1, -0.05) is 12.1 Å². The molecule has 0 heterocycles. The lowest BCUT2D eigenvalue weighted by Gasteiger charge is -2.05. The second kappa shape index (κ2) is 5.54. The van der Waals surface area contributed by atoms with E-state index in [1.54, 1.807) is 11.8 Å². The van der Waals surface area contributed by atoms with E-state index in [-0.39, 0.29) is 6.61 Å². The molecule has 3 heteroatoms. The van der Waals surface area contributed by atoms with Crippen LogP contribution in [0, 0.1) is 0 Å². The van der Waals surface area contributed by atoms with Crippen molar-refractivity contribution in [1.82, 2.24) is 5.32 Å². The van der Waals surface area contributed by atoms with E-state index in [4.69, 9.17) is 5.11 Å². The topological polar surface area (TPSA) is 32.3 Å². The molecule has 0 aromatic heterocycles. The smallest absolute Gasteiger partial charge is 0.0525 e. The molecule has 0 spiro atoms. The molecule has 0 unspecified atom stereocenters. The second-order valence-corrected chi connectivity index (χ2v) is 5.04. The molecule has 2 N–H and O–H groups in total. The number of thioether (sulfide) groups is 1. The third kappa shape index (κ3) is 3.86. The average Bonchev–Trinajstić information content (AvgIpc) is 3.08. The highest BCUT2D eigenvalue weighted by molar-refractivity contribution is 7.99. The summed E-state index contributed by atoms with van der Waals surface area (Å²) in [5.41, 5.74) is 1.34. The van der Waals surface area contributed by atoms with Gasteiger partial charge in [0.2, 0.25) is 0 Å². The first-order chi connectivity index (χ1) is 7.38. The lowest BCUT2D eigenvalue weighted by molar-refractivity contribution is 0.322. The zero-order valence-electron chi connectivity index (χ0n) is 8.78. The highest BCUT2D eigenvalue weighted by atomic mass is 32.2. The van der Waals surface area contributed by atoms with Crippen molar-refractivity contribution in [1.29, 1.82) is 0 Å². The Balaban J connectivity index is 1.85. The van der Waals surface area contributed by atoms with Gasteiger partial charge in [-0.2, -0.15) is 0 Å². The van der Waals surface area contributed by atoms with E-state index >= 15 is 0 Å². The summed E-state index contributed by atoms with van der Waals surface area (Å²) < 4.78 is 0. The number of nitrogens with one attached hydrogen (secondary N) is 1. The molecule has 1 aliphatic carbocycles. The fraction of sp³-hybridized carbons (Fsp3) is 0.500. The van der Waals surface area contributed by atoms with Crippen molar-refractivity contribution in [2.24, 2.45) is 0 Å². The van der Waals surface area contributed by atoms with Gasteiger partial charge in [0.1, 0.15) is 0 Å². The van der Waals surface area contributed by atoms with Gasteiger partial charge in [0, 0.05) is 23.2 Å². The largest absolute Gasteiger partial charge is 0.396 e. The molecule has 15 heavy (non-hydrogen) atoms. The second-order valence-electron chi connectivity index (χ2n) is 3.87. The van der Waals surface area contributed by atoms with Crippen LogP contribution in [-0.2, 0) is 6.54 Å². The van der Waals surface area contributed by atoms with Gasteiger partial charge in [-0.3, -0.25) is 0 Å². The quantitative estimate of drug-likeness (QED) is 0.724. The maximum absolute atomic E-state index is 8.75. The molecule has 0 bridgehead atoms. The van der Waals surface area contributed by atoms with Crippen LogP contribution in [0.3, 0.4) is 0 Å². The Hall–Kier alpha value is -0.510. The maximum Gasteiger partial charge on any atom is 0.0525 e. The average molecular weight is 223 g/mol. The SMILES string of the molecule is OCCSc1cccc(CNC2CC2)c1. The summed E-state index contributed by atoms with van der Waals surface area (Å²) in [6, 6.07) is 9.30. The molecular formula is C12H17NOS. The van der Waals surface area contributed by atoms with Gasteiger partial charge in [0.05, 0.1) is 6.61 Å². The van der Waals surface area contributed by atoms with Gasteiger partial charge in [-0.15, -0.1) is 11.8 Å². The summed E-state index contributed by atoms with van der Waals surface area (Å²) in [6.45, 7) is 1.22. The van der Waals surface area contributed by atoms with E-state index in [1.165, 1.54) is 23.3 Å². The van der Waals surface area contributed by atoms with Crippen molar-refractivity contribution in [3.63, 3.8) is 0 Å². The van der Waals surface area contributed by atoms with Crippen LogP contribution in [0.2, 0.25) is 0 Å². The van der Waals surface area contributed by atoms with E-state index in [9.17, 15) is 0 Å². The molecule has 0 aliphatic heterocycles. The van der Waals surface area contributed by atoms with Gasteiger partial charge in [0.25, 0.3) is 0 Å². The number of benzene rings is 1. The first-order valence-electron chi connectivity index (χ1n) is 5.44. The number of rotatable bonds is 6. The molecule has 0 amide bonds. The number of aliphatic hydroxyl groups is 1. The van der Waals surface area contributed by atoms with E-state index in [1.807, 2.05) is 0 Å². The van der Waals surface area contributed by atoms with Crippen molar-refractivity contribution in [3.8, 4) is 0 Å². The Morgan fingerprint density at radius 3 is 3.00 bits per heavy atom. The summed E-state index contributed by atoms with van der Waals surface area (Å²) in [5, 5.41) is 12.2. The summed E-state index contributed by atoms with van der Waals surface area (Å²) >= 11 is 1.71. The summed E-state index contributed by atoms with van der Waals surface area (Å²) in [5.74, 6) is 0.777. The van der Waals surface area contributed by atoms with Gasteiger partial charge in [0.15, 0.2) is 0 Å².